The first-order valence-electron chi connectivity index (χ1n) is 12.4. The summed E-state index contributed by atoms with van der Waals surface area (Å²) in [6.07, 6.45) is 2.86. The topological polar surface area (TPSA) is 87.6 Å². The van der Waals surface area contributed by atoms with Gasteiger partial charge >= 0.3 is 0 Å². The lowest BCUT2D eigenvalue weighted by molar-refractivity contribution is 0.0953. The molecule has 0 aliphatic heterocycles. The summed E-state index contributed by atoms with van der Waals surface area (Å²) < 4.78 is 22.0. The van der Waals surface area contributed by atoms with Crippen LogP contribution in [0.2, 0.25) is 0 Å². The second-order valence-corrected chi connectivity index (χ2v) is 9.53. The summed E-state index contributed by atoms with van der Waals surface area (Å²) >= 11 is 0. The third-order valence-electron chi connectivity index (χ3n) is 6.33. The van der Waals surface area contributed by atoms with Crippen LogP contribution in [0.3, 0.4) is 0 Å². The molecule has 0 spiro atoms. The van der Waals surface area contributed by atoms with Crippen LogP contribution in [0.5, 0.6) is 5.75 Å². The maximum Gasteiger partial charge on any atom is 0.226 e. The second kappa shape index (κ2) is 11.4. The fourth-order valence-corrected chi connectivity index (χ4v) is 4.48. The van der Waals surface area contributed by atoms with Gasteiger partial charge in [0.1, 0.15) is 23.2 Å². The number of aliphatic hydroxyl groups is 1. The number of hydrogen-bond acceptors (Lipinski definition) is 5. The Bertz CT molecular complexity index is 1450. The van der Waals surface area contributed by atoms with Crippen molar-refractivity contribution in [2.75, 3.05) is 6.61 Å². The molecule has 6 nitrogen and oxygen atoms in total. The number of pyridine rings is 1. The zero-order valence-electron chi connectivity index (χ0n) is 21.2. The molecule has 190 valence electrons. The third kappa shape index (κ3) is 5.87. The van der Waals surface area contributed by atoms with Gasteiger partial charge in [0.15, 0.2) is 5.78 Å². The van der Waals surface area contributed by atoms with Crippen molar-refractivity contribution >= 4 is 11.4 Å². The number of fused-ring (bicyclic) bond motifs is 1. The molecule has 0 aliphatic rings. The van der Waals surface area contributed by atoms with Crippen molar-refractivity contribution in [2.45, 2.75) is 46.1 Å². The summed E-state index contributed by atoms with van der Waals surface area (Å²) in [5.41, 5.74) is 4.20. The number of rotatable bonds is 10. The number of benzene rings is 2. The van der Waals surface area contributed by atoms with Crippen LogP contribution in [-0.2, 0) is 6.42 Å². The van der Waals surface area contributed by atoms with Crippen molar-refractivity contribution in [2.24, 2.45) is 5.92 Å². The summed E-state index contributed by atoms with van der Waals surface area (Å²) in [5, 5.41) is 19.1. The van der Waals surface area contributed by atoms with E-state index in [1.54, 1.807) is 30.5 Å². The molecule has 0 saturated carbocycles. The molecule has 2 heterocycles. The third-order valence-corrected chi connectivity index (χ3v) is 6.33. The molecule has 1 N–H and O–H groups in total. The first-order chi connectivity index (χ1) is 17.8. The number of carbonyl (C=O) groups is 1. The largest absolute Gasteiger partial charge is 0.490 e. The molecular formula is C30H30FN3O3. The number of aromatic nitrogens is 2. The minimum absolute atomic E-state index is 0.0353. The molecule has 2 aromatic carbocycles. The Labute approximate surface area is 216 Å². The maximum atomic E-state index is 15.0. The van der Waals surface area contributed by atoms with Gasteiger partial charge in [-0.1, -0.05) is 30.3 Å². The number of halogens is 1. The van der Waals surface area contributed by atoms with Crippen LogP contribution in [0.25, 0.3) is 16.9 Å². The van der Waals surface area contributed by atoms with E-state index in [-0.39, 0.29) is 30.8 Å². The molecule has 0 amide bonds. The first-order valence-corrected chi connectivity index (χ1v) is 12.4. The molecule has 7 heteroatoms. The van der Waals surface area contributed by atoms with Crippen LogP contribution in [-0.4, -0.2) is 33.0 Å². The molecule has 4 rings (SSSR count). The van der Waals surface area contributed by atoms with Gasteiger partial charge in [-0.3, -0.25) is 9.20 Å². The molecule has 0 bridgehead atoms. The Morgan fingerprint density at radius 3 is 2.59 bits per heavy atom. The number of nitrogens with zero attached hydrogens (tertiary/aromatic N) is 3. The van der Waals surface area contributed by atoms with E-state index in [1.165, 1.54) is 4.40 Å². The molecule has 37 heavy (non-hydrogen) atoms. The molecule has 0 radical (unpaired) electrons. The Hall–Kier alpha value is -4.02. The van der Waals surface area contributed by atoms with E-state index in [4.69, 9.17) is 4.74 Å². The number of carbonyl (C=O) groups excluding carboxylic acids is 1. The van der Waals surface area contributed by atoms with Crippen LogP contribution in [0.1, 0.15) is 53.7 Å². The number of aryl methyl sites for hydroxylation is 1. The molecule has 4 aromatic rings. The Morgan fingerprint density at radius 1 is 1.19 bits per heavy atom. The minimum Gasteiger partial charge on any atom is -0.490 e. The van der Waals surface area contributed by atoms with Gasteiger partial charge in [0.2, 0.25) is 5.95 Å². The van der Waals surface area contributed by atoms with Gasteiger partial charge in [-0.15, -0.1) is 0 Å². The number of ketones is 1. The van der Waals surface area contributed by atoms with Crippen LogP contribution in [0, 0.1) is 30.1 Å². The average molecular weight is 500 g/mol. The van der Waals surface area contributed by atoms with Crippen molar-refractivity contribution in [3.63, 3.8) is 0 Å². The zero-order chi connectivity index (χ0) is 26.5. The smallest absolute Gasteiger partial charge is 0.226 e. The number of hydrogen-bond donors (Lipinski definition) is 1. The standard InChI is InChI=1S/C30H30FN3O3/c1-19(2)37-27-11-10-24(17-25(27)18-32)26(36)16-22(12-14-35)15-21-6-8-23(9-7-21)28-29(31)34-13-4-5-20(3)30(34)33-28/h4-11,13,17,19,22,35H,12,14-16H2,1-3H3/t22-/m1/s1. The van der Waals surface area contributed by atoms with Crippen molar-refractivity contribution in [1.29, 1.82) is 5.26 Å². The lowest BCUT2D eigenvalue weighted by Crippen LogP contribution is -2.14. The van der Waals surface area contributed by atoms with Crippen LogP contribution in [0.15, 0.2) is 60.8 Å². The van der Waals surface area contributed by atoms with Crippen LogP contribution < -0.4 is 4.74 Å². The van der Waals surface area contributed by atoms with Crippen LogP contribution in [0.4, 0.5) is 4.39 Å². The Morgan fingerprint density at radius 2 is 1.95 bits per heavy atom. The van der Waals surface area contributed by atoms with E-state index >= 15 is 0 Å². The van der Waals surface area contributed by atoms with Gasteiger partial charge in [0, 0.05) is 30.4 Å². The Kier molecular flexibility index (Phi) is 8.00. The highest BCUT2D eigenvalue weighted by molar-refractivity contribution is 5.96. The predicted octanol–water partition coefficient (Wildman–Crippen LogP) is 5.92. The van der Waals surface area contributed by atoms with E-state index in [9.17, 15) is 19.6 Å². The van der Waals surface area contributed by atoms with Crippen molar-refractivity contribution < 1.29 is 19.0 Å². The molecule has 1 atom stereocenters. The summed E-state index contributed by atoms with van der Waals surface area (Å²) in [7, 11) is 0. The van der Waals surface area contributed by atoms with Gasteiger partial charge in [0.05, 0.1) is 11.7 Å². The molecule has 0 unspecified atom stereocenters. The normalized spacial score (nSPS) is 12.0. The molecule has 0 aliphatic carbocycles. The van der Waals surface area contributed by atoms with E-state index in [2.05, 4.69) is 11.1 Å². The Balaban J connectivity index is 1.49. The van der Waals surface area contributed by atoms with Gasteiger partial charge in [0.25, 0.3) is 0 Å². The summed E-state index contributed by atoms with van der Waals surface area (Å²) in [6.45, 7) is 5.61. The van der Waals surface area contributed by atoms with Crippen molar-refractivity contribution in [1.82, 2.24) is 9.38 Å². The highest BCUT2D eigenvalue weighted by Gasteiger charge is 2.19. The number of Topliss-reactive ketones (excluding diaryl/α,β-unsaturated/α-hetero) is 1. The highest BCUT2D eigenvalue weighted by Crippen LogP contribution is 2.27. The maximum absolute atomic E-state index is 15.0. The van der Waals surface area contributed by atoms with E-state index in [0.717, 1.165) is 11.1 Å². The summed E-state index contributed by atoms with van der Waals surface area (Å²) in [6, 6.07) is 18.2. The van der Waals surface area contributed by atoms with Gasteiger partial charge in [-0.2, -0.15) is 9.65 Å². The predicted molar refractivity (Wildman–Crippen MR) is 140 cm³/mol. The monoisotopic (exact) mass is 499 g/mol. The minimum atomic E-state index is -0.406. The fraction of sp³-hybridized carbons (Fsp3) is 0.300. The molecular weight excluding hydrogens is 469 g/mol. The van der Waals surface area contributed by atoms with Gasteiger partial charge in [-0.25, -0.2) is 4.98 Å². The van der Waals surface area contributed by atoms with Crippen molar-refractivity contribution in [3.05, 3.63) is 89.0 Å². The SMILES string of the molecule is Cc1cccn2c(F)c(-c3ccc(C[C@@H](CCO)CC(=O)c4ccc(OC(C)C)c(C#N)c4)cc3)nc12. The summed E-state index contributed by atoms with van der Waals surface area (Å²) in [5.74, 6) is -0.130. The number of nitriles is 1. The van der Waals surface area contributed by atoms with E-state index in [1.807, 2.05) is 51.1 Å². The van der Waals surface area contributed by atoms with Gasteiger partial charge < -0.3 is 9.84 Å². The van der Waals surface area contributed by atoms with Crippen LogP contribution >= 0.6 is 0 Å². The fourth-order valence-electron chi connectivity index (χ4n) is 4.48. The van der Waals surface area contributed by atoms with E-state index < -0.39 is 5.95 Å². The van der Waals surface area contributed by atoms with Crippen molar-refractivity contribution in [3.8, 4) is 23.1 Å². The van der Waals surface area contributed by atoms with Gasteiger partial charge in [-0.05, 0) is 74.9 Å². The first kappa shape index (κ1) is 26.1. The second-order valence-electron chi connectivity index (χ2n) is 9.53. The quantitative estimate of drug-likeness (QED) is 0.274. The van der Waals surface area contributed by atoms with E-state index in [0.29, 0.717) is 46.6 Å². The average Bonchev–Trinajstić information content (AvgIpc) is 3.22. The zero-order valence-corrected chi connectivity index (χ0v) is 21.2. The lowest BCUT2D eigenvalue weighted by atomic mass is 9.89. The highest BCUT2D eigenvalue weighted by atomic mass is 19.1. The number of ether oxygens (including phenoxy) is 1. The number of aliphatic hydroxyl groups excluding tert-OH is 1. The lowest BCUT2D eigenvalue weighted by Gasteiger charge is -2.16. The molecule has 0 saturated heterocycles. The number of imidazole rings is 1. The summed E-state index contributed by atoms with van der Waals surface area (Å²) in [4.78, 5) is 17.5. The molecule has 2 aromatic heterocycles. The molecule has 0 fully saturated rings.